The molecular formula is C17H17N3. The lowest BCUT2D eigenvalue weighted by molar-refractivity contribution is 1.08. The van der Waals surface area contributed by atoms with Crippen LogP contribution in [0.25, 0.3) is 10.8 Å². The van der Waals surface area contributed by atoms with Crippen LogP contribution in [-0.4, -0.2) is 19.1 Å². The van der Waals surface area contributed by atoms with E-state index in [4.69, 9.17) is 0 Å². The van der Waals surface area contributed by atoms with Gasteiger partial charge in [-0.1, -0.05) is 18.2 Å². The van der Waals surface area contributed by atoms with Crippen molar-refractivity contribution in [2.45, 2.75) is 0 Å². The Labute approximate surface area is 118 Å². The number of pyridine rings is 1. The summed E-state index contributed by atoms with van der Waals surface area (Å²) >= 11 is 0. The van der Waals surface area contributed by atoms with Crippen molar-refractivity contribution in [3.05, 3.63) is 60.8 Å². The van der Waals surface area contributed by atoms with Crippen molar-refractivity contribution in [3.63, 3.8) is 0 Å². The predicted molar refractivity (Wildman–Crippen MR) is 85.8 cm³/mol. The smallest absolute Gasteiger partial charge is 0.135 e. The van der Waals surface area contributed by atoms with Crippen molar-refractivity contribution in [3.8, 4) is 0 Å². The summed E-state index contributed by atoms with van der Waals surface area (Å²) in [6.45, 7) is 0. The molecule has 3 aromatic rings. The Hall–Kier alpha value is -2.55. The molecule has 0 aliphatic carbocycles. The number of rotatable bonds is 3. The van der Waals surface area contributed by atoms with Gasteiger partial charge in [0.15, 0.2) is 0 Å². The Kier molecular flexibility index (Phi) is 3.25. The zero-order valence-electron chi connectivity index (χ0n) is 11.7. The third kappa shape index (κ3) is 2.43. The van der Waals surface area contributed by atoms with Crippen LogP contribution < -0.4 is 10.2 Å². The maximum Gasteiger partial charge on any atom is 0.135 e. The molecule has 0 spiro atoms. The fraction of sp³-hybridized carbons (Fsp3) is 0.118. The molecule has 1 N–H and O–H groups in total. The highest BCUT2D eigenvalue weighted by Crippen LogP contribution is 2.27. The summed E-state index contributed by atoms with van der Waals surface area (Å²) in [6.07, 6.45) is 1.85. The molecule has 3 rings (SSSR count). The summed E-state index contributed by atoms with van der Waals surface area (Å²) in [7, 11) is 4.02. The molecule has 0 radical (unpaired) electrons. The zero-order chi connectivity index (χ0) is 13.9. The third-order valence-electron chi connectivity index (χ3n) is 3.23. The first-order valence-electron chi connectivity index (χ1n) is 6.62. The van der Waals surface area contributed by atoms with Gasteiger partial charge in [0.05, 0.1) is 0 Å². The molecule has 3 nitrogen and oxygen atoms in total. The minimum Gasteiger partial charge on any atom is -0.362 e. The summed E-state index contributed by atoms with van der Waals surface area (Å²) < 4.78 is 0. The van der Waals surface area contributed by atoms with Gasteiger partial charge >= 0.3 is 0 Å². The number of nitrogens with zero attached hydrogens (tertiary/aromatic N) is 2. The number of nitrogens with one attached hydrogen (secondary N) is 1. The minimum atomic E-state index is 0.994. The number of para-hydroxylation sites is 1. The third-order valence-corrected chi connectivity index (χ3v) is 3.23. The lowest BCUT2D eigenvalue weighted by Gasteiger charge is -2.14. The molecule has 0 aliphatic heterocycles. The van der Waals surface area contributed by atoms with Gasteiger partial charge < -0.3 is 10.2 Å². The van der Waals surface area contributed by atoms with E-state index in [9.17, 15) is 0 Å². The van der Waals surface area contributed by atoms with E-state index >= 15 is 0 Å². The van der Waals surface area contributed by atoms with Crippen molar-refractivity contribution in [1.29, 1.82) is 0 Å². The van der Waals surface area contributed by atoms with Gasteiger partial charge in [0, 0.05) is 37.1 Å². The molecule has 2 aromatic carbocycles. The number of aromatic nitrogens is 1. The van der Waals surface area contributed by atoms with Gasteiger partial charge in [-0.15, -0.1) is 0 Å². The van der Waals surface area contributed by atoms with Crippen LogP contribution in [0.1, 0.15) is 0 Å². The molecule has 0 saturated carbocycles. The Morgan fingerprint density at radius 2 is 1.70 bits per heavy atom. The highest BCUT2D eigenvalue weighted by Gasteiger charge is 2.05. The summed E-state index contributed by atoms with van der Waals surface area (Å²) in [5, 5.41) is 5.76. The molecule has 0 amide bonds. The monoisotopic (exact) mass is 263 g/mol. The van der Waals surface area contributed by atoms with Gasteiger partial charge in [0.1, 0.15) is 5.82 Å². The first kappa shape index (κ1) is 12.5. The van der Waals surface area contributed by atoms with Crippen LogP contribution >= 0.6 is 0 Å². The number of hydrogen-bond acceptors (Lipinski definition) is 3. The van der Waals surface area contributed by atoms with Crippen molar-refractivity contribution in [2.24, 2.45) is 0 Å². The molecule has 1 aromatic heterocycles. The van der Waals surface area contributed by atoms with Gasteiger partial charge in [-0.3, -0.25) is 0 Å². The quantitative estimate of drug-likeness (QED) is 0.773. The fourth-order valence-electron chi connectivity index (χ4n) is 2.28. The lowest BCUT2D eigenvalue weighted by Crippen LogP contribution is -2.10. The molecule has 0 saturated heterocycles. The van der Waals surface area contributed by atoms with E-state index < -0.39 is 0 Å². The second-order valence-corrected chi connectivity index (χ2v) is 4.96. The molecule has 100 valence electrons. The zero-order valence-corrected chi connectivity index (χ0v) is 11.7. The number of anilines is 3. The van der Waals surface area contributed by atoms with E-state index in [0.717, 1.165) is 22.6 Å². The normalized spacial score (nSPS) is 10.5. The Bertz CT molecular complexity index is 721. The molecular weight excluding hydrogens is 246 g/mol. The average Bonchev–Trinajstić information content (AvgIpc) is 2.47. The molecule has 0 atom stereocenters. The second kappa shape index (κ2) is 5.21. The minimum absolute atomic E-state index is 0.994. The largest absolute Gasteiger partial charge is 0.362 e. The SMILES string of the molecule is CN(C)c1nccc2cc(Nc3ccccc3)ccc12. The standard InChI is InChI=1S/C17H17N3/c1-20(2)17-16-9-8-15(12-13(16)10-11-18-17)19-14-6-4-3-5-7-14/h3-12,19H,1-2H3. The topological polar surface area (TPSA) is 28.2 Å². The van der Waals surface area contributed by atoms with Crippen LogP contribution in [0.3, 0.4) is 0 Å². The van der Waals surface area contributed by atoms with Gasteiger partial charge in [-0.25, -0.2) is 4.98 Å². The van der Waals surface area contributed by atoms with Crippen LogP contribution in [0.2, 0.25) is 0 Å². The van der Waals surface area contributed by atoms with Crippen LogP contribution in [0.15, 0.2) is 60.8 Å². The second-order valence-electron chi connectivity index (χ2n) is 4.96. The number of hydrogen-bond donors (Lipinski definition) is 1. The molecule has 1 heterocycles. The number of benzene rings is 2. The van der Waals surface area contributed by atoms with Crippen molar-refractivity contribution in [1.82, 2.24) is 4.98 Å². The van der Waals surface area contributed by atoms with E-state index in [0.29, 0.717) is 0 Å². The van der Waals surface area contributed by atoms with E-state index in [-0.39, 0.29) is 0 Å². The van der Waals surface area contributed by atoms with Crippen LogP contribution in [0.5, 0.6) is 0 Å². The lowest BCUT2D eigenvalue weighted by atomic mass is 10.1. The summed E-state index contributed by atoms with van der Waals surface area (Å²) in [6, 6.07) is 18.6. The van der Waals surface area contributed by atoms with Crippen LogP contribution in [0.4, 0.5) is 17.2 Å². The van der Waals surface area contributed by atoms with Crippen LogP contribution in [-0.2, 0) is 0 Å². The summed E-state index contributed by atoms with van der Waals surface area (Å²) in [4.78, 5) is 6.46. The van der Waals surface area contributed by atoms with Gasteiger partial charge in [0.25, 0.3) is 0 Å². The van der Waals surface area contributed by atoms with E-state index in [1.165, 1.54) is 5.39 Å². The van der Waals surface area contributed by atoms with Gasteiger partial charge in [-0.05, 0) is 41.8 Å². The molecule has 0 aliphatic rings. The molecule has 0 bridgehead atoms. The molecule has 0 fully saturated rings. The Balaban J connectivity index is 1.99. The van der Waals surface area contributed by atoms with Crippen molar-refractivity contribution >= 4 is 28.0 Å². The Morgan fingerprint density at radius 1 is 0.900 bits per heavy atom. The maximum atomic E-state index is 4.43. The van der Waals surface area contributed by atoms with E-state index in [2.05, 4.69) is 40.6 Å². The van der Waals surface area contributed by atoms with Crippen LogP contribution in [0, 0.1) is 0 Å². The summed E-state index contributed by atoms with van der Waals surface area (Å²) in [5.41, 5.74) is 2.17. The fourth-order valence-corrected chi connectivity index (χ4v) is 2.28. The van der Waals surface area contributed by atoms with Gasteiger partial charge in [0.2, 0.25) is 0 Å². The van der Waals surface area contributed by atoms with E-state index in [1.807, 2.05) is 49.5 Å². The highest BCUT2D eigenvalue weighted by molar-refractivity contribution is 5.94. The number of fused-ring (bicyclic) bond motifs is 1. The van der Waals surface area contributed by atoms with E-state index in [1.54, 1.807) is 0 Å². The maximum absolute atomic E-state index is 4.43. The van der Waals surface area contributed by atoms with Crippen molar-refractivity contribution < 1.29 is 0 Å². The first-order valence-corrected chi connectivity index (χ1v) is 6.62. The molecule has 20 heavy (non-hydrogen) atoms. The first-order chi connectivity index (χ1) is 9.74. The average molecular weight is 263 g/mol. The van der Waals surface area contributed by atoms with Gasteiger partial charge in [-0.2, -0.15) is 0 Å². The molecule has 3 heteroatoms. The predicted octanol–water partition coefficient (Wildman–Crippen LogP) is 4.04. The summed E-state index contributed by atoms with van der Waals surface area (Å²) in [5.74, 6) is 0.994. The van der Waals surface area contributed by atoms with Crippen molar-refractivity contribution in [2.75, 3.05) is 24.3 Å². The Morgan fingerprint density at radius 3 is 2.45 bits per heavy atom. The highest BCUT2D eigenvalue weighted by atomic mass is 15.1. The molecule has 0 unspecified atom stereocenters.